The van der Waals surface area contributed by atoms with Gasteiger partial charge in [0.15, 0.2) is 0 Å². The minimum Gasteiger partial charge on any atom is -0.251 e. The maximum Gasteiger partial charge on any atom is 0.0390 e. The van der Waals surface area contributed by atoms with Crippen molar-refractivity contribution in [2.45, 2.75) is 13.1 Å². The lowest BCUT2D eigenvalue weighted by Gasteiger charge is -2.23. The van der Waals surface area contributed by atoms with E-state index < -0.39 is 0 Å². The Morgan fingerprint density at radius 2 is 2.30 bits per heavy atom. The minimum absolute atomic E-state index is 0.995. The van der Waals surface area contributed by atoms with Gasteiger partial charge in [0, 0.05) is 20.1 Å². The normalized spacial score (nSPS) is 18.9. The second-order valence-corrected chi connectivity index (χ2v) is 3.36. The topological polar surface area (TPSA) is 15.3 Å². The molecule has 0 saturated heterocycles. The van der Waals surface area contributed by atoms with Crippen LogP contribution in [0.2, 0.25) is 0 Å². The second kappa shape index (κ2) is 2.34. The molecule has 0 radical (unpaired) electrons. The first-order valence-corrected chi connectivity index (χ1v) is 4.29. The number of hydrogen-bond donors (Lipinski definition) is 1. The fourth-order valence-corrected chi connectivity index (χ4v) is 2.03. The standard InChI is InChI=1S/C7H10N2S/c1-9-3-7-5-10-4-6(7)2-8-9/h4-5,8H,2-3H2,1H3. The maximum atomic E-state index is 3.26. The van der Waals surface area contributed by atoms with Crippen LogP contribution in [-0.4, -0.2) is 12.1 Å². The van der Waals surface area contributed by atoms with Crippen molar-refractivity contribution >= 4 is 11.3 Å². The van der Waals surface area contributed by atoms with Crippen LogP contribution in [0, 0.1) is 0 Å². The molecule has 1 N–H and O–H groups in total. The molecule has 0 fully saturated rings. The largest absolute Gasteiger partial charge is 0.251 e. The molecular formula is C7H10N2S. The molecule has 2 nitrogen and oxygen atoms in total. The smallest absolute Gasteiger partial charge is 0.0390 e. The Kier molecular flexibility index (Phi) is 1.48. The molecule has 3 heteroatoms. The summed E-state index contributed by atoms with van der Waals surface area (Å²) in [6, 6.07) is 0. The van der Waals surface area contributed by atoms with Gasteiger partial charge in [0.25, 0.3) is 0 Å². The molecule has 0 spiro atoms. The van der Waals surface area contributed by atoms with Crippen molar-refractivity contribution in [3.63, 3.8) is 0 Å². The molecule has 54 valence electrons. The van der Waals surface area contributed by atoms with Gasteiger partial charge in [-0.3, -0.25) is 5.43 Å². The van der Waals surface area contributed by atoms with E-state index in [1.165, 1.54) is 11.1 Å². The third-order valence-corrected chi connectivity index (χ3v) is 2.62. The van der Waals surface area contributed by atoms with Crippen LogP contribution in [0.5, 0.6) is 0 Å². The molecule has 0 atom stereocenters. The summed E-state index contributed by atoms with van der Waals surface area (Å²) < 4.78 is 0. The van der Waals surface area contributed by atoms with Gasteiger partial charge >= 0.3 is 0 Å². The van der Waals surface area contributed by atoms with Gasteiger partial charge in [-0.25, -0.2) is 5.01 Å². The van der Waals surface area contributed by atoms with E-state index >= 15 is 0 Å². The van der Waals surface area contributed by atoms with Gasteiger partial charge < -0.3 is 0 Å². The minimum atomic E-state index is 0.995. The summed E-state index contributed by atoms with van der Waals surface area (Å²) in [7, 11) is 2.07. The van der Waals surface area contributed by atoms with Gasteiger partial charge in [-0.05, 0) is 21.9 Å². The van der Waals surface area contributed by atoms with Gasteiger partial charge in [-0.15, -0.1) is 0 Å². The van der Waals surface area contributed by atoms with E-state index in [1.54, 1.807) is 11.3 Å². The quantitative estimate of drug-likeness (QED) is 0.604. The molecule has 0 saturated carbocycles. The highest BCUT2D eigenvalue weighted by Gasteiger charge is 2.11. The maximum absolute atomic E-state index is 3.26. The van der Waals surface area contributed by atoms with E-state index in [4.69, 9.17) is 0 Å². The molecule has 1 aliphatic heterocycles. The Labute approximate surface area is 64.4 Å². The summed E-state index contributed by atoms with van der Waals surface area (Å²) in [5, 5.41) is 6.57. The Morgan fingerprint density at radius 3 is 3.20 bits per heavy atom. The molecule has 1 aromatic heterocycles. The number of rotatable bonds is 0. The van der Waals surface area contributed by atoms with E-state index in [0.29, 0.717) is 0 Å². The van der Waals surface area contributed by atoms with Crippen molar-refractivity contribution in [3.8, 4) is 0 Å². The first kappa shape index (κ1) is 6.34. The SMILES string of the molecule is CN1Cc2cscc2CN1. The summed E-state index contributed by atoms with van der Waals surface area (Å²) in [5.74, 6) is 0. The summed E-state index contributed by atoms with van der Waals surface area (Å²) >= 11 is 1.79. The van der Waals surface area contributed by atoms with Crippen LogP contribution >= 0.6 is 11.3 Å². The van der Waals surface area contributed by atoms with Crippen LogP contribution in [0.15, 0.2) is 10.8 Å². The number of hydrazine groups is 1. The lowest BCUT2D eigenvalue weighted by atomic mass is 10.2. The average molecular weight is 154 g/mol. The highest BCUT2D eigenvalue weighted by atomic mass is 32.1. The van der Waals surface area contributed by atoms with Crippen LogP contribution in [0.25, 0.3) is 0 Å². The molecular weight excluding hydrogens is 144 g/mol. The number of thiophene rings is 1. The van der Waals surface area contributed by atoms with E-state index in [9.17, 15) is 0 Å². The second-order valence-electron chi connectivity index (χ2n) is 2.61. The fourth-order valence-electron chi connectivity index (χ4n) is 1.18. The van der Waals surface area contributed by atoms with E-state index in [2.05, 4.69) is 28.2 Å². The first-order chi connectivity index (χ1) is 4.86. The van der Waals surface area contributed by atoms with Crippen molar-refractivity contribution in [1.29, 1.82) is 0 Å². The monoisotopic (exact) mass is 154 g/mol. The molecule has 10 heavy (non-hydrogen) atoms. The van der Waals surface area contributed by atoms with Crippen molar-refractivity contribution in [3.05, 3.63) is 21.9 Å². The molecule has 0 aliphatic carbocycles. The van der Waals surface area contributed by atoms with E-state index in [-0.39, 0.29) is 0 Å². The summed E-state index contributed by atoms with van der Waals surface area (Å²) in [5.41, 5.74) is 6.20. The van der Waals surface area contributed by atoms with Crippen LogP contribution in [0.4, 0.5) is 0 Å². The van der Waals surface area contributed by atoms with Gasteiger partial charge in [-0.1, -0.05) is 0 Å². The average Bonchev–Trinajstić information content (AvgIpc) is 2.33. The van der Waals surface area contributed by atoms with Crippen molar-refractivity contribution in [1.82, 2.24) is 10.4 Å². The van der Waals surface area contributed by atoms with Crippen LogP contribution < -0.4 is 5.43 Å². The highest BCUT2D eigenvalue weighted by molar-refractivity contribution is 7.08. The molecule has 1 aromatic rings. The molecule has 2 rings (SSSR count). The van der Waals surface area contributed by atoms with Crippen LogP contribution in [0.3, 0.4) is 0 Å². The number of hydrogen-bond acceptors (Lipinski definition) is 3. The Bertz CT molecular complexity index is 231. The lowest BCUT2D eigenvalue weighted by molar-refractivity contribution is 0.206. The van der Waals surface area contributed by atoms with Gasteiger partial charge in [0.1, 0.15) is 0 Å². The predicted molar refractivity (Wildman–Crippen MR) is 42.6 cm³/mol. The molecule has 0 amide bonds. The number of nitrogens with one attached hydrogen (secondary N) is 1. The zero-order valence-corrected chi connectivity index (χ0v) is 6.74. The molecule has 0 unspecified atom stereocenters. The Hall–Kier alpha value is -0.380. The molecule has 1 aliphatic rings. The number of nitrogens with zero attached hydrogens (tertiary/aromatic N) is 1. The van der Waals surface area contributed by atoms with Crippen LogP contribution in [-0.2, 0) is 13.1 Å². The first-order valence-electron chi connectivity index (χ1n) is 3.35. The zero-order valence-electron chi connectivity index (χ0n) is 5.92. The molecule has 0 bridgehead atoms. The molecule has 2 heterocycles. The van der Waals surface area contributed by atoms with Gasteiger partial charge in [0.2, 0.25) is 0 Å². The summed E-state index contributed by atoms with van der Waals surface area (Å²) in [4.78, 5) is 0. The lowest BCUT2D eigenvalue weighted by Crippen LogP contribution is -2.37. The van der Waals surface area contributed by atoms with Crippen molar-refractivity contribution in [2.24, 2.45) is 0 Å². The Balaban J connectivity index is 2.30. The predicted octanol–water partition coefficient (Wildman–Crippen LogP) is 1.20. The highest BCUT2D eigenvalue weighted by Crippen LogP contribution is 2.18. The van der Waals surface area contributed by atoms with Crippen molar-refractivity contribution in [2.75, 3.05) is 7.05 Å². The summed E-state index contributed by atoms with van der Waals surface area (Å²) in [6.45, 7) is 2.04. The van der Waals surface area contributed by atoms with Crippen LogP contribution in [0.1, 0.15) is 11.1 Å². The van der Waals surface area contributed by atoms with Gasteiger partial charge in [0.05, 0.1) is 0 Å². The third-order valence-electron chi connectivity index (χ3n) is 1.78. The zero-order chi connectivity index (χ0) is 6.97. The van der Waals surface area contributed by atoms with E-state index in [1.807, 2.05) is 0 Å². The summed E-state index contributed by atoms with van der Waals surface area (Å²) in [6.07, 6.45) is 0. The number of fused-ring (bicyclic) bond motifs is 1. The Morgan fingerprint density at radius 1 is 1.50 bits per heavy atom. The third kappa shape index (κ3) is 0.963. The fraction of sp³-hybridized carbons (Fsp3) is 0.429. The van der Waals surface area contributed by atoms with E-state index in [0.717, 1.165) is 13.1 Å². The van der Waals surface area contributed by atoms with Crippen molar-refractivity contribution < 1.29 is 0 Å². The molecule has 0 aromatic carbocycles. The van der Waals surface area contributed by atoms with Gasteiger partial charge in [-0.2, -0.15) is 11.3 Å².